The summed E-state index contributed by atoms with van der Waals surface area (Å²) in [7, 11) is 1.85. The standard InChI is InChI=1S/C22H16N4O3/c1-13-20(16-7-9-17(10-8-16)22(28)29)21-25(2)18(11-19(27)26(21)24-13)15-5-3-14(12-23)4-6-15/h3-11H,1-2H3,(H,28,29). The van der Waals surface area contributed by atoms with Crippen LogP contribution in [0, 0.1) is 18.3 Å². The zero-order valence-corrected chi connectivity index (χ0v) is 15.7. The van der Waals surface area contributed by atoms with Gasteiger partial charge in [-0.25, -0.2) is 4.79 Å². The van der Waals surface area contributed by atoms with Crippen LogP contribution in [0.4, 0.5) is 0 Å². The minimum atomic E-state index is -0.997. The van der Waals surface area contributed by atoms with E-state index in [-0.39, 0.29) is 11.1 Å². The molecule has 2 aromatic carbocycles. The van der Waals surface area contributed by atoms with E-state index in [1.807, 2.05) is 18.5 Å². The van der Waals surface area contributed by atoms with Gasteiger partial charge < -0.3 is 9.67 Å². The van der Waals surface area contributed by atoms with E-state index in [1.54, 1.807) is 36.4 Å². The lowest BCUT2D eigenvalue weighted by atomic mass is 10.0. The molecule has 0 bridgehead atoms. The van der Waals surface area contributed by atoms with Crippen LogP contribution in [0.3, 0.4) is 0 Å². The number of hydrogen-bond donors (Lipinski definition) is 1. The number of rotatable bonds is 3. The summed E-state index contributed by atoms with van der Waals surface area (Å²) in [5, 5.41) is 22.5. The maximum atomic E-state index is 12.7. The fourth-order valence-electron chi connectivity index (χ4n) is 3.48. The topological polar surface area (TPSA) is 100 Å². The molecular formula is C22H16N4O3. The van der Waals surface area contributed by atoms with Crippen molar-refractivity contribution in [1.82, 2.24) is 14.2 Å². The number of benzene rings is 2. The van der Waals surface area contributed by atoms with Crippen LogP contribution in [-0.4, -0.2) is 25.3 Å². The van der Waals surface area contributed by atoms with Gasteiger partial charge in [-0.15, -0.1) is 0 Å². The molecule has 0 spiro atoms. The average Bonchev–Trinajstić information content (AvgIpc) is 3.09. The molecular weight excluding hydrogens is 368 g/mol. The van der Waals surface area contributed by atoms with Gasteiger partial charge in [0.25, 0.3) is 5.56 Å². The highest BCUT2D eigenvalue weighted by atomic mass is 16.4. The quantitative estimate of drug-likeness (QED) is 0.584. The van der Waals surface area contributed by atoms with Gasteiger partial charge >= 0.3 is 5.97 Å². The summed E-state index contributed by atoms with van der Waals surface area (Å²) in [6.07, 6.45) is 0. The molecule has 2 heterocycles. The number of carboxylic acid groups (broad SMARTS) is 1. The van der Waals surface area contributed by atoms with Crippen molar-refractivity contribution in [3.63, 3.8) is 0 Å². The predicted molar refractivity (Wildman–Crippen MR) is 108 cm³/mol. The second-order valence-electron chi connectivity index (χ2n) is 6.69. The second kappa shape index (κ2) is 6.77. The van der Waals surface area contributed by atoms with Crippen molar-refractivity contribution in [2.24, 2.45) is 7.05 Å². The van der Waals surface area contributed by atoms with Gasteiger partial charge in [0.1, 0.15) is 5.65 Å². The van der Waals surface area contributed by atoms with Crippen molar-refractivity contribution in [2.75, 3.05) is 0 Å². The Morgan fingerprint density at radius 2 is 1.69 bits per heavy atom. The van der Waals surface area contributed by atoms with Crippen molar-refractivity contribution >= 4 is 11.6 Å². The van der Waals surface area contributed by atoms with Gasteiger partial charge in [0.05, 0.1) is 28.6 Å². The van der Waals surface area contributed by atoms with Crippen LogP contribution in [0.25, 0.3) is 28.0 Å². The molecule has 0 fully saturated rings. The molecule has 0 aliphatic rings. The molecule has 7 nitrogen and oxygen atoms in total. The van der Waals surface area contributed by atoms with Gasteiger partial charge in [-0.05, 0) is 42.3 Å². The first-order valence-corrected chi connectivity index (χ1v) is 8.84. The van der Waals surface area contributed by atoms with Crippen molar-refractivity contribution in [2.45, 2.75) is 6.92 Å². The van der Waals surface area contributed by atoms with E-state index in [4.69, 9.17) is 10.4 Å². The van der Waals surface area contributed by atoms with Gasteiger partial charge in [-0.2, -0.15) is 14.9 Å². The maximum Gasteiger partial charge on any atom is 0.335 e. The summed E-state index contributed by atoms with van der Waals surface area (Å²) in [5.74, 6) is -0.997. The number of hydrogen-bond acceptors (Lipinski definition) is 4. The average molecular weight is 384 g/mol. The number of carbonyl (C=O) groups is 1. The van der Waals surface area contributed by atoms with Crippen molar-refractivity contribution < 1.29 is 9.90 Å². The second-order valence-corrected chi connectivity index (χ2v) is 6.69. The minimum Gasteiger partial charge on any atom is -0.478 e. The molecule has 1 N–H and O–H groups in total. The number of aromatic nitrogens is 3. The molecule has 142 valence electrons. The lowest BCUT2D eigenvalue weighted by Gasteiger charge is -2.12. The van der Waals surface area contributed by atoms with E-state index >= 15 is 0 Å². The molecule has 0 radical (unpaired) electrons. The van der Waals surface area contributed by atoms with Crippen LogP contribution in [0.5, 0.6) is 0 Å². The monoisotopic (exact) mass is 384 g/mol. The Kier molecular flexibility index (Phi) is 4.24. The lowest BCUT2D eigenvalue weighted by Crippen LogP contribution is -2.18. The summed E-state index contributed by atoms with van der Waals surface area (Å²) in [6, 6.07) is 17.1. The highest BCUT2D eigenvalue weighted by Gasteiger charge is 2.18. The molecule has 0 amide bonds. The Morgan fingerprint density at radius 3 is 2.28 bits per heavy atom. The smallest absolute Gasteiger partial charge is 0.335 e. The third-order valence-corrected chi connectivity index (χ3v) is 4.91. The Morgan fingerprint density at radius 1 is 1.07 bits per heavy atom. The van der Waals surface area contributed by atoms with Crippen LogP contribution in [0.2, 0.25) is 0 Å². The lowest BCUT2D eigenvalue weighted by molar-refractivity contribution is 0.0697. The highest BCUT2D eigenvalue weighted by molar-refractivity contribution is 5.89. The number of fused-ring (bicyclic) bond motifs is 1. The van der Waals surface area contributed by atoms with Gasteiger partial charge in [0, 0.05) is 18.7 Å². The Labute approximate surface area is 165 Å². The minimum absolute atomic E-state index is 0.190. The first-order valence-electron chi connectivity index (χ1n) is 8.84. The van der Waals surface area contributed by atoms with Crippen LogP contribution in [0.15, 0.2) is 59.4 Å². The molecule has 0 unspecified atom stereocenters. The Bertz CT molecular complexity index is 1360. The van der Waals surface area contributed by atoms with E-state index in [9.17, 15) is 9.59 Å². The zero-order valence-electron chi connectivity index (χ0n) is 15.7. The molecule has 0 saturated carbocycles. The number of carboxylic acids is 1. The van der Waals surface area contributed by atoms with Gasteiger partial charge in [0.2, 0.25) is 0 Å². The first-order chi connectivity index (χ1) is 13.9. The number of nitrogens with zero attached hydrogens (tertiary/aromatic N) is 4. The summed E-state index contributed by atoms with van der Waals surface area (Å²) in [5.41, 5.74) is 4.76. The summed E-state index contributed by atoms with van der Waals surface area (Å²) < 4.78 is 3.23. The van der Waals surface area contributed by atoms with Gasteiger partial charge in [0.15, 0.2) is 0 Å². The fourth-order valence-corrected chi connectivity index (χ4v) is 3.48. The highest BCUT2D eigenvalue weighted by Crippen LogP contribution is 2.30. The fraction of sp³-hybridized carbons (Fsp3) is 0.0909. The number of nitriles is 1. The van der Waals surface area contributed by atoms with Crippen LogP contribution in [-0.2, 0) is 7.05 Å². The molecule has 0 saturated heterocycles. The predicted octanol–water partition coefficient (Wildman–Crippen LogP) is 3.25. The SMILES string of the molecule is Cc1nn2c(=O)cc(-c3ccc(C#N)cc3)n(C)c2c1-c1ccc(C(=O)O)cc1. The maximum absolute atomic E-state index is 12.7. The third-order valence-electron chi connectivity index (χ3n) is 4.91. The van der Waals surface area contributed by atoms with E-state index in [2.05, 4.69) is 11.2 Å². The Hall–Kier alpha value is -4.18. The van der Waals surface area contributed by atoms with Gasteiger partial charge in [-0.1, -0.05) is 24.3 Å². The molecule has 0 atom stereocenters. The van der Waals surface area contributed by atoms with E-state index in [0.29, 0.717) is 22.6 Å². The van der Waals surface area contributed by atoms with E-state index in [1.165, 1.54) is 22.7 Å². The molecule has 0 aliphatic heterocycles. The molecule has 4 aromatic rings. The van der Waals surface area contributed by atoms with Crippen molar-refractivity contribution in [3.8, 4) is 28.5 Å². The van der Waals surface area contributed by atoms with Crippen molar-refractivity contribution in [3.05, 3.63) is 81.8 Å². The van der Waals surface area contributed by atoms with Crippen LogP contribution >= 0.6 is 0 Å². The van der Waals surface area contributed by atoms with Crippen molar-refractivity contribution in [1.29, 1.82) is 5.26 Å². The molecule has 4 rings (SSSR count). The molecule has 29 heavy (non-hydrogen) atoms. The zero-order chi connectivity index (χ0) is 20.7. The largest absolute Gasteiger partial charge is 0.478 e. The third kappa shape index (κ3) is 2.97. The molecule has 2 aromatic heterocycles. The summed E-state index contributed by atoms with van der Waals surface area (Å²) in [4.78, 5) is 23.9. The normalized spacial score (nSPS) is 10.8. The Balaban J connectivity index is 1.98. The molecule has 7 heteroatoms. The summed E-state index contributed by atoms with van der Waals surface area (Å²) in [6.45, 7) is 1.81. The summed E-state index contributed by atoms with van der Waals surface area (Å²) >= 11 is 0. The first kappa shape index (κ1) is 18.2. The van der Waals surface area contributed by atoms with Crippen LogP contribution in [0.1, 0.15) is 21.6 Å². The van der Waals surface area contributed by atoms with Crippen LogP contribution < -0.4 is 5.56 Å². The molecule has 0 aliphatic carbocycles. The van der Waals surface area contributed by atoms with E-state index in [0.717, 1.165) is 16.7 Å². The van der Waals surface area contributed by atoms with Gasteiger partial charge in [-0.3, -0.25) is 4.79 Å². The number of aryl methyl sites for hydroxylation is 2. The van der Waals surface area contributed by atoms with E-state index < -0.39 is 5.97 Å². The number of aromatic carboxylic acids is 1.